The maximum Gasteiger partial charge on any atom is 0.136 e. The molecule has 0 unspecified atom stereocenters. The highest BCUT2D eigenvalue weighted by atomic mass is 35.5. The first kappa shape index (κ1) is 19.6. The lowest BCUT2D eigenvalue weighted by Crippen LogP contribution is -2.47. The predicted octanol–water partition coefficient (Wildman–Crippen LogP) is 5.17. The summed E-state index contributed by atoms with van der Waals surface area (Å²) < 4.78 is 0.937. The van der Waals surface area contributed by atoms with Gasteiger partial charge in [0.15, 0.2) is 0 Å². The van der Waals surface area contributed by atoms with Crippen LogP contribution < -0.4 is 4.90 Å². The number of piperazine rings is 1. The third-order valence-corrected chi connectivity index (χ3v) is 7.06. The summed E-state index contributed by atoms with van der Waals surface area (Å²) in [6.45, 7) is 7.92. The van der Waals surface area contributed by atoms with Crippen LogP contribution in [0.25, 0.3) is 11.0 Å². The second-order valence-electron chi connectivity index (χ2n) is 7.12. The monoisotopic (exact) mass is 430 g/mol. The van der Waals surface area contributed by atoms with Gasteiger partial charge in [-0.15, -0.1) is 0 Å². The third-order valence-electron chi connectivity index (χ3n) is 5.21. The quantitative estimate of drug-likeness (QED) is 0.579. The number of imidazole rings is 1. The Hall–Kier alpha value is -1.76. The lowest BCUT2D eigenvalue weighted by Gasteiger charge is -2.37. The number of nitrogens with one attached hydrogen (secondary N) is 1. The van der Waals surface area contributed by atoms with Crippen LogP contribution in [0.5, 0.6) is 0 Å². The van der Waals surface area contributed by atoms with Crippen LogP contribution in [0, 0.1) is 13.8 Å². The Kier molecular flexibility index (Phi) is 5.80. The van der Waals surface area contributed by atoms with E-state index in [1.165, 1.54) is 11.1 Å². The van der Waals surface area contributed by atoms with Crippen LogP contribution in [-0.4, -0.2) is 45.4 Å². The van der Waals surface area contributed by atoms with Gasteiger partial charge in [-0.1, -0.05) is 47.7 Å². The minimum Gasteiger partial charge on any atom is -0.367 e. The maximum atomic E-state index is 6.33. The molecule has 28 heavy (non-hydrogen) atoms. The number of hydrogen-bond acceptors (Lipinski definition) is 4. The first-order valence-electron chi connectivity index (χ1n) is 9.38. The van der Waals surface area contributed by atoms with E-state index in [-0.39, 0.29) is 0 Å². The highest BCUT2D eigenvalue weighted by Gasteiger charge is 2.21. The number of anilines is 1. The van der Waals surface area contributed by atoms with Crippen molar-refractivity contribution < 1.29 is 0 Å². The van der Waals surface area contributed by atoms with Gasteiger partial charge in [-0.25, -0.2) is 4.98 Å². The second-order valence-corrected chi connectivity index (χ2v) is 9.13. The summed E-state index contributed by atoms with van der Waals surface area (Å²) in [5, 5.41) is 0.809. The molecule has 0 saturated carbocycles. The molecule has 4 nitrogen and oxygen atoms in total. The number of fused-ring (bicyclic) bond motifs is 1. The SMILES string of the molecule is Cc1cc2nc(CSC(=S)N3CCN(c4ccccc4Cl)CC3)[nH]c2cc1C. The molecule has 1 saturated heterocycles. The van der Waals surface area contributed by atoms with Crippen molar-refractivity contribution in [2.45, 2.75) is 19.6 Å². The molecule has 0 atom stereocenters. The summed E-state index contributed by atoms with van der Waals surface area (Å²) in [6, 6.07) is 12.3. The fourth-order valence-corrected chi connectivity index (χ4v) is 4.83. The molecule has 0 spiro atoms. The van der Waals surface area contributed by atoms with Crippen LogP contribution in [0.15, 0.2) is 36.4 Å². The molecule has 146 valence electrons. The molecule has 1 aromatic heterocycles. The molecule has 7 heteroatoms. The number of thiocarbonyl (C=S) groups is 1. The van der Waals surface area contributed by atoms with E-state index in [2.05, 4.69) is 46.8 Å². The number of aromatic nitrogens is 2. The summed E-state index contributed by atoms with van der Waals surface area (Å²) in [5.74, 6) is 1.73. The third kappa shape index (κ3) is 4.14. The molecule has 2 heterocycles. The van der Waals surface area contributed by atoms with E-state index >= 15 is 0 Å². The minimum absolute atomic E-state index is 0.760. The number of rotatable bonds is 3. The van der Waals surface area contributed by atoms with E-state index in [0.717, 1.165) is 63.8 Å². The molecule has 3 aromatic rings. The van der Waals surface area contributed by atoms with Crippen molar-refractivity contribution in [1.82, 2.24) is 14.9 Å². The number of aromatic amines is 1. The van der Waals surface area contributed by atoms with Gasteiger partial charge in [0.25, 0.3) is 0 Å². The standard InChI is InChI=1S/C21H23ClN4S2/c1-14-11-17-18(12-15(14)2)24-20(23-17)13-28-21(27)26-9-7-25(8-10-26)19-6-4-3-5-16(19)22/h3-6,11-12H,7-10,13H2,1-2H3,(H,23,24). The van der Waals surface area contributed by atoms with E-state index in [9.17, 15) is 0 Å². The molecule has 1 aliphatic heterocycles. The number of aryl methyl sites for hydroxylation is 2. The molecular weight excluding hydrogens is 408 g/mol. The van der Waals surface area contributed by atoms with E-state index in [0.29, 0.717) is 0 Å². The van der Waals surface area contributed by atoms with E-state index < -0.39 is 0 Å². The zero-order chi connectivity index (χ0) is 19.7. The Balaban J connectivity index is 1.33. The number of H-pyrrole nitrogens is 1. The fraction of sp³-hybridized carbons (Fsp3) is 0.333. The molecule has 4 rings (SSSR count). The van der Waals surface area contributed by atoms with Gasteiger partial charge in [0.2, 0.25) is 0 Å². The first-order valence-corrected chi connectivity index (χ1v) is 11.2. The molecule has 1 aliphatic rings. The Bertz CT molecular complexity index is 970. The summed E-state index contributed by atoms with van der Waals surface area (Å²) in [4.78, 5) is 12.8. The van der Waals surface area contributed by atoms with Gasteiger partial charge in [-0.2, -0.15) is 0 Å². The average Bonchev–Trinajstić information content (AvgIpc) is 3.08. The molecule has 0 aliphatic carbocycles. The van der Waals surface area contributed by atoms with Crippen molar-refractivity contribution in [3.63, 3.8) is 0 Å². The van der Waals surface area contributed by atoms with Crippen LogP contribution in [0.1, 0.15) is 17.0 Å². The Morgan fingerprint density at radius 2 is 1.86 bits per heavy atom. The summed E-state index contributed by atoms with van der Waals surface area (Å²) in [7, 11) is 0. The van der Waals surface area contributed by atoms with E-state index in [1.807, 2.05) is 18.2 Å². The lowest BCUT2D eigenvalue weighted by atomic mass is 10.1. The number of halogens is 1. The summed E-state index contributed by atoms with van der Waals surface area (Å²) in [5.41, 5.74) is 5.78. The van der Waals surface area contributed by atoms with Gasteiger partial charge in [0.05, 0.1) is 27.5 Å². The topological polar surface area (TPSA) is 35.2 Å². The zero-order valence-electron chi connectivity index (χ0n) is 16.0. The van der Waals surface area contributed by atoms with Crippen LogP contribution >= 0.6 is 35.6 Å². The Morgan fingerprint density at radius 1 is 1.14 bits per heavy atom. The summed E-state index contributed by atoms with van der Waals surface area (Å²) in [6.07, 6.45) is 0. The molecule has 0 amide bonds. The van der Waals surface area contributed by atoms with Crippen LogP contribution in [0.3, 0.4) is 0 Å². The smallest absolute Gasteiger partial charge is 0.136 e. The zero-order valence-corrected chi connectivity index (χ0v) is 18.4. The normalized spacial score (nSPS) is 14.7. The highest BCUT2D eigenvalue weighted by molar-refractivity contribution is 8.22. The number of thioether (sulfide) groups is 1. The van der Waals surface area contributed by atoms with Gasteiger partial charge in [0.1, 0.15) is 10.1 Å². The molecule has 1 N–H and O–H groups in total. The maximum absolute atomic E-state index is 6.33. The molecule has 2 aromatic carbocycles. The number of benzene rings is 2. The number of para-hydroxylation sites is 1. The van der Waals surface area contributed by atoms with Crippen LogP contribution in [0.4, 0.5) is 5.69 Å². The minimum atomic E-state index is 0.760. The Morgan fingerprint density at radius 3 is 2.61 bits per heavy atom. The lowest BCUT2D eigenvalue weighted by molar-refractivity contribution is 0.397. The predicted molar refractivity (Wildman–Crippen MR) is 125 cm³/mol. The van der Waals surface area contributed by atoms with Gasteiger partial charge in [-0.05, 0) is 49.2 Å². The summed E-state index contributed by atoms with van der Waals surface area (Å²) >= 11 is 13.7. The van der Waals surface area contributed by atoms with E-state index in [1.54, 1.807) is 11.8 Å². The second kappa shape index (κ2) is 8.31. The van der Waals surface area contributed by atoms with Crippen molar-refractivity contribution in [2.24, 2.45) is 0 Å². The van der Waals surface area contributed by atoms with Crippen molar-refractivity contribution in [1.29, 1.82) is 0 Å². The van der Waals surface area contributed by atoms with Crippen molar-refractivity contribution in [3.8, 4) is 0 Å². The highest BCUT2D eigenvalue weighted by Crippen LogP contribution is 2.27. The van der Waals surface area contributed by atoms with E-state index in [4.69, 9.17) is 28.8 Å². The molecule has 0 bridgehead atoms. The van der Waals surface area contributed by atoms with Gasteiger partial charge in [-0.3, -0.25) is 0 Å². The van der Waals surface area contributed by atoms with Crippen LogP contribution in [0.2, 0.25) is 5.02 Å². The first-order chi connectivity index (χ1) is 13.5. The van der Waals surface area contributed by atoms with Crippen molar-refractivity contribution in [2.75, 3.05) is 31.1 Å². The number of hydrogen-bond donors (Lipinski definition) is 1. The fourth-order valence-electron chi connectivity index (χ4n) is 3.45. The molecular formula is C21H23ClN4S2. The Labute approximate surface area is 180 Å². The number of nitrogens with zero attached hydrogens (tertiary/aromatic N) is 3. The van der Waals surface area contributed by atoms with Crippen molar-refractivity contribution >= 4 is 56.6 Å². The van der Waals surface area contributed by atoms with Gasteiger partial charge < -0.3 is 14.8 Å². The van der Waals surface area contributed by atoms with Gasteiger partial charge >= 0.3 is 0 Å². The largest absolute Gasteiger partial charge is 0.367 e. The molecule has 0 radical (unpaired) electrons. The van der Waals surface area contributed by atoms with Crippen LogP contribution in [-0.2, 0) is 5.75 Å². The van der Waals surface area contributed by atoms with Crippen molar-refractivity contribution in [3.05, 3.63) is 58.4 Å². The van der Waals surface area contributed by atoms with Gasteiger partial charge in [0, 0.05) is 26.2 Å². The average molecular weight is 431 g/mol. The molecule has 1 fully saturated rings.